The molecule has 0 spiro atoms. The summed E-state index contributed by atoms with van der Waals surface area (Å²) in [5, 5.41) is 3.37. The van der Waals surface area contributed by atoms with Gasteiger partial charge in [0.25, 0.3) is 0 Å². The third kappa shape index (κ3) is 3.45. The molecule has 3 N–H and O–H groups in total. The van der Waals surface area contributed by atoms with Crippen molar-refractivity contribution in [2.75, 3.05) is 29.0 Å². The van der Waals surface area contributed by atoms with Crippen LogP contribution in [0.15, 0.2) is 0 Å². The molecule has 0 amide bonds. The van der Waals surface area contributed by atoms with Gasteiger partial charge in [-0.15, -0.1) is 0 Å². The number of anilines is 3. The third-order valence-corrected chi connectivity index (χ3v) is 3.58. The van der Waals surface area contributed by atoms with Crippen LogP contribution in [0.3, 0.4) is 0 Å². The SMILES string of the molecule is CCCC1CC1Nc1nc(N)nc(N(CC)CC)n1. The molecule has 1 aromatic heterocycles. The van der Waals surface area contributed by atoms with Gasteiger partial charge in [0, 0.05) is 19.1 Å². The van der Waals surface area contributed by atoms with Gasteiger partial charge in [-0.05, 0) is 32.6 Å². The first-order chi connectivity index (χ1) is 9.17. The molecule has 0 radical (unpaired) electrons. The van der Waals surface area contributed by atoms with Gasteiger partial charge in [-0.25, -0.2) is 0 Å². The van der Waals surface area contributed by atoms with Crippen LogP contribution in [0.1, 0.15) is 40.0 Å². The van der Waals surface area contributed by atoms with E-state index in [1.165, 1.54) is 19.3 Å². The fraction of sp³-hybridized carbons (Fsp3) is 0.769. The number of rotatable bonds is 7. The topological polar surface area (TPSA) is 80.0 Å². The van der Waals surface area contributed by atoms with Crippen molar-refractivity contribution in [1.82, 2.24) is 15.0 Å². The second-order valence-corrected chi connectivity index (χ2v) is 5.02. The van der Waals surface area contributed by atoms with E-state index < -0.39 is 0 Å². The molecule has 19 heavy (non-hydrogen) atoms. The van der Waals surface area contributed by atoms with Gasteiger partial charge in [0.2, 0.25) is 17.8 Å². The van der Waals surface area contributed by atoms with Crippen LogP contribution < -0.4 is 16.0 Å². The van der Waals surface area contributed by atoms with E-state index in [1.54, 1.807) is 0 Å². The van der Waals surface area contributed by atoms with Crippen LogP contribution in [0, 0.1) is 5.92 Å². The molecule has 0 aliphatic heterocycles. The predicted octanol–water partition coefficient (Wildman–Crippen LogP) is 1.90. The highest BCUT2D eigenvalue weighted by molar-refractivity contribution is 5.43. The molecule has 1 heterocycles. The summed E-state index contributed by atoms with van der Waals surface area (Å²) in [6.07, 6.45) is 3.70. The minimum atomic E-state index is 0.284. The smallest absolute Gasteiger partial charge is 0.231 e. The van der Waals surface area contributed by atoms with Crippen molar-refractivity contribution < 1.29 is 0 Å². The van der Waals surface area contributed by atoms with Crippen LogP contribution >= 0.6 is 0 Å². The Kier molecular flexibility index (Phi) is 4.39. The molecule has 1 aliphatic carbocycles. The van der Waals surface area contributed by atoms with Gasteiger partial charge in [0.1, 0.15) is 0 Å². The Hall–Kier alpha value is -1.59. The van der Waals surface area contributed by atoms with Crippen LogP contribution in [-0.4, -0.2) is 34.1 Å². The van der Waals surface area contributed by atoms with Gasteiger partial charge in [-0.1, -0.05) is 13.3 Å². The standard InChI is InChI=1S/C13H24N6/c1-4-7-9-8-10(9)15-12-16-11(14)17-13(18-12)19(5-2)6-3/h9-10H,4-8H2,1-3H3,(H3,14,15,16,17,18). The van der Waals surface area contributed by atoms with Gasteiger partial charge in [0.15, 0.2) is 0 Å². The summed E-state index contributed by atoms with van der Waals surface area (Å²) in [5.74, 6) is 2.32. The maximum Gasteiger partial charge on any atom is 0.231 e. The van der Waals surface area contributed by atoms with Crippen LogP contribution in [0.25, 0.3) is 0 Å². The van der Waals surface area contributed by atoms with Crippen molar-refractivity contribution in [3.8, 4) is 0 Å². The lowest BCUT2D eigenvalue weighted by Gasteiger charge is -2.19. The molecular weight excluding hydrogens is 240 g/mol. The third-order valence-electron chi connectivity index (χ3n) is 3.58. The number of nitrogen functional groups attached to an aromatic ring is 1. The fourth-order valence-electron chi connectivity index (χ4n) is 2.37. The first-order valence-electron chi connectivity index (χ1n) is 7.20. The molecule has 1 aromatic rings. The second kappa shape index (κ2) is 6.04. The summed E-state index contributed by atoms with van der Waals surface area (Å²) < 4.78 is 0. The summed E-state index contributed by atoms with van der Waals surface area (Å²) >= 11 is 0. The fourth-order valence-corrected chi connectivity index (χ4v) is 2.37. The lowest BCUT2D eigenvalue weighted by molar-refractivity contribution is 0.691. The molecule has 1 aliphatic rings. The van der Waals surface area contributed by atoms with Gasteiger partial charge < -0.3 is 16.0 Å². The predicted molar refractivity (Wildman–Crippen MR) is 78.2 cm³/mol. The Morgan fingerprint density at radius 3 is 2.58 bits per heavy atom. The van der Waals surface area contributed by atoms with Crippen LogP contribution in [0.5, 0.6) is 0 Å². The first-order valence-corrected chi connectivity index (χ1v) is 7.20. The highest BCUT2D eigenvalue weighted by atomic mass is 15.3. The Morgan fingerprint density at radius 2 is 1.95 bits per heavy atom. The Morgan fingerprint density at radius 1 is 1.21 bits per heavy atom. The van der Waals surface area contributed by atoms with Gasteiger partial charge in [-0.2, -0.15) is 15.0 Å². The van der Waals surface area contributed by atoms with E-state index >= 15 is 0 Å². The maximum atomic E-state index is 5.77. The number of nitrogens with zero attached hydrogens (tertiary/aromatic N) is 4. The molecule has 2 unspecified atom stereocenters. The zero-order chi connectivity index (χ0) is 13.8. The summed E-state index contributed by atoms with van der Waals surface area (Å²) in [5.41, 5.74) is 5.77. The van der Waals surface area contributed by atoms with Crippen molar-refractivity contribution in [1.29, 1.82) is 0 Å². The van der Waals surface area contributed by atoms with Gasteiger partial charge in [0.05, 0.1) is 0 Å². The Balaban J connectivity index is 2.05. The molecule has 0 aromatic carbocycles. The molecule has 2 atom stereocenters. The van der Waals surface area contributed by atoms with Crippen LogP contribution in [-0.2, 0) is 0 Å². The average molecular weight is 264 g/mol. The van der Waals surface area contributed by atoms with E-state index in [1.807, 2.05) is 0 Å². The summed E-state index contributed by atoms with van der Waals surface area (Å²) in [6.45, 7) is 8.10. The molecule has 6 nitrogen and oxygen atoms in total. The number of nitrogens with two attached hydrogens (primary N) is 1. The largest absolute Gasteiger partial charge is 0.368 e. The van der Waals surface area contributed by atoms with Crippen molar-refractivity contribution >= 4 is 17.8 Å². The average Bonchev–Trinajstić information content (AvgIpc) is 3.08. The second-order valence-electron chi connectivity index (χ2n) is 5.02. The molecule has 106 valence electrons. The lowest BCUT2D eigenvalue weighted by atomic mass is 10.2. The quantitative estimate of drug-likeness (QED) is 0.783. The number of nitrogens with one attached hydrogen (secondary N) is 1. The molecule has 1 saturated carbocycles. The number of hydrogen-bond acceptors (Lipinski definition) is 6. The van der Waals surface area contributed by atoms with Crippen molar-refractivity contribution in [3.05, 3.63) is 0 Å². The maximum absolute atomic E-state index is 5.77. The number of aromatic nitrogens is 3. The van der Waals surface area contributed by atoms with E-state index in [0.29, 0.717) is 17.9 Å². The van der Waals surface area contributed by atoms with Crippen LogP contribution in [0.2, 0.25) is 0 Å². The molecule has 0 saturated heterocycles. The van der Waals surface area contributed by atoms with E-state index in [2.05, 4.69) is 45.9 Å². The van der Waals surface area contributed by atoms with Crippen molar-refractivity contribution in [2.45, 2.75) is 46.1 Å². The normalized spacial score (nSPS) is 21.2. The Labute approximate surface area is 114 Å². The van der Waals surface area contributed by atoms with Crippen molar-refractivity contribution in [2.24, 2.45) is 5.92 Å². The summed E-state index contributed by atoms with van der Waals surface area (Å²) in [6, 6.07) is 0.506. The molecule has 6 heteroatoms. The van der Waals surface area contributed by atoms with E-state index in [0.717, 1.165) is 19.0 Å². The zero-order valence-corrected chi connectivity index (χ0v) is 12.1. The van der Waals surface area contributed by atoms with E-state index in [-0.39, 0.29) is 5.95 Å². The highest BCUT2D eigenvalue weighted by Crippen LogP contribution is 2.36. The van der Waals surface area contributed by atoms with E-state index in [9.17, 15) is 0 Å². The minimum Gasteiger partial charge on any atom is -0.368 e. The van der Waals surface area contributed by atoms with Gasteiger partial charge in [-0.3, -0.25) is 0 Å². The molecule has 1 fully saturated rings. The van der Waals surface area contributed by atoms with Crippen LogP contribution in [0.4, 0.5) is 17.8 Å². The van der Waals surface area contributed by atoms with E-state index in [4.69, 9.17) is 5.73 Å². The molecular formula is C13H24N6. The zero-order valence-electron chi connectivity index (χ0n) is 12.1. The Bertz CT molecular complexity index is 418. The minimum absolute atomic E-state index is 0.284. The molecule has 2 rings (SSSR count). The van der Waals surface area contributed by atoms with Gasteiger partial charge >= 0.3 is 0 Å². The highest BCUT2D eigenvalue weighted by Gasteiger charge is 2.36. The molecule has 0 bridgehead atoms. The first kappa shape index (κ1) is 13.8. The monoisotopic (exact) mass is 264 g/mol. The number of hydrogen-bond donors (Lipinski definition) is 2. The van der Waals surface area contributed by atoms with Crippen molar-refractivity contribution in [3.63, 3.8) is 0 Å². The summed E-state index contributed by atoms with van der Waals surface area (Å²) in [4.78, 5) is 14.9. The lowest BCUT2D eigenvalue weighted by Crippen LogP contribution is -2.25. The summed E-state index contributed by atoms with van der Waals surface area (Å²) in [7, 11) is 0.